The van der Waals surface area contributed by atoms with Crippen LogP contribution in [0.1, 0.15) is 0 Å². The lowest BCUT2D eigenvalue weighted by atomic mass is 9.28. The van der Waals surface area contributed by atoms with Crippen molar-refractivity contribution in [1.82, 2.24) is 0 Å². The van der Waals surface area contributed by atoms with Gasteiger partial charge in [0, 0.05) is 16.4 Å². The van der Waals surface area contributed by atoms with Crippen LogP contribution < -0.4 is 32.8 Å². The van der Waals surface area contributed by atoms with Gasteiger partial charge in [-0.05, 0) is 23.1 Å². The van der Waals surface area contributed by atoms with Crippen molar-refractivity contribution in [2.45, 2.75) is 0 Å². The van der Waals surface area contributed by atoms with Crippen LogP contribution in [0.5, 0.6) is 0 Å². The lowest BCUT2D eigenvalue weighted by Gasteiger charge is -2.26. The number of hydrogen-bond acceptors (Lipinski definition) is 0. The van der Waals surface area contributed by atoms with E-state index in [0.717, 1.165) is 0 Å². The maximum absolute atomic E-state index is 16.0. The van der Waals surface area contributed by atoms with E-state index >= 15 is 35.1 Å². The maximum Gasteiger partial charge on any atom is 0.260 e. The highest BCUT2D eigenvalue weighted by molar-refractivity contribution is 7.04. The molecule has 0 bridgehead atoms. The lowest BCUT2D eigenvalue weighted by molar-refractivity contribution is 0.382. The van der Waals surface area contributed by atoms with Crippen LogP contribution in [0.4, 0.5) is 87.8 Å². The second kappa shape index (κ2) is 13.4. The van der Waals surface area contributed by atoms with E-state index in [-0.39, 0.29) is 24.3 Å². The van der Waals surface area contributed by atoms with Crippen LogP contribution in [0.2, 0.25) is 0 Å². The zero-order valence-electron chi connectivity index (χ0n) is 24.0. The molecule has 0 unspecified atom stereocenters. The molecule has 0 aliphatic carbocycles. The van der Waals surface area contributed by atoms with Crippen LogP contribution in [0.25, 0.3) is 0 Å². The molecule has 22 heteroatoms. The second-order valence-electron chi connectivity index (χ2n) is 10.4. The number of hydrogen-bond donors (Lipinski definition) is 0. The maximum atomic E-state index is 16.0. The topological polar surface area (TPSA) is 0 Å². The van der Waals surface area contributed by atoms with E-state index in [2.05, 4.69) is 0 Å². The van der Waals surface area contributed by atoms with E-state index in [1.54, 1.807) is 0 Å². The average molecular weight is 766 g/mol. The van der Waals surface area contributed by atoms with Gasteiger partial charge in [0.05, 0.1) is 0 Å². The van der Waals surface area contributed by atoms with Gasteiger partial charge >= 0.3 is 0 Å². The molecule has 0 aliphatic heterocycles. The van der Waals surface area contributed by atoms with Crippen LogP contribution in [0.3, 0.4) is 0 Å². The summed E-state index contributed by atoms with van der Waals surface area (Å²) < 4.78 is 296. The van der Waals surface area contributed by atoms with Gasteiger partial charge in [-0.1, -0.05) is 17.6 Å². The van der Waals surface area contributed by atoms with Gasteiger partial charge in [-0.3, -0.25) is 0 Å². The first kappa shape index (κ1) is 38.1. The van der Waals surface area contributed by atoms with Gasteiger partial charge in [-0.2, -0.15) is 0 Å². The minimum Gasteiger partial charge on any atom is -0.204 e. The highest BCUT2D eigenvalue weighted by atomic mass is 19.2. The van der Waals surface area contributed by atoms with Gasteiger partial charge in [-0.25, -0.2) is 87.8 Å². The Kier molecular flexibility index (Phi) is 9.83. The van der Waals surface area contributed by atoms with E-state index in [9.17, 15) is 52.7 Å². The summed E-state index contributed by atoms with van der Waals surface area (Å²) in [6.07, 6.45) is 0. The molecule has 0 atom stereocenters. The SMILES string of the molecule is Fc1ccc(B(c2ccc(F)c(F)c2B(c2c(F)c(F)c(F)c(F)c2F)c2c(F)c(F)c(F)c(F)c2F)c2c(F)c(F)c(F)c(F)c2F)c(F)c1F. The molecule has 0 saturated heterocycles. The molecule has 0 saturated carbocycles. The van der Waals surface area contributed by atoms with Crippen molar-refractivity contribution in [2.24, 2.45) is 0 Å². The van der Waals surface area contributed by atoms with E-state index in [0.29, 0.717) is 0 Å². The summed E-state index contributed by atoms with van der Waals surface area (Å²) in [6.45, 7) is -7.65. The van der Waals surface area contributed by atoms with Crippen molar-refractivity contribution in [3.05, 3.63) is 141 Å². The second-order valence-corrected chi connectivity index (χ2v) is 10.4. The quantitative estimate of drug-likeness (QED) is 0.0929. The third kappa shape index (κ3) is 5.53. The van der Waals surface area contributed by atoms with Crippen LogP contribution >= 0.6 is 0 Å². The predicted octanol–water partition coefficient (Wildman–Crippen LogP) is 5.50. The fourth-order valence-corrected chi connectivity index (χ4v) is 5.43. The molecule has 0 N–H and O–H groups in total. The third-order valence-electron chi connectivity index (χ3n) is 7.74. The van der Waals surface area contributed by atoms with E-state index in [1.165, 1.54) is 0 Å². The number of halogens is 20. The van der Waals surface area contributed by atoms with E-state index in [1.807, 2.05) is 0 Å². The Labute approximate surface area is 275 Å². The van der Waals surface area contributed by atoms with Gasteiger partial charge in [-0.15, -0.1) is 0 Å². The van der Waals surface area contributed by atoms with Crippen molar-refractivity contribution in [2.75, 3.05) is 0 Å². The molecule has 0 aromatic heterocycles. The minimum absolute atomic E-state index is 0.0622. The first-order valence-electron chi connectivity index (χ1n) is 13.3. The van der Waals surface area contributed by atoms with E-state index < -0.39 is 163 Å². The lowest BCUT2D eigenvalue weighted by Crippen LogP contribution is -2.69. The van der Waals surface area contributed by atoms with Crippen molar-refractivity contribution in [3.63, 3.8) is 0 Å². The fraction of sp³-hybridized carbons (Fsp3) is 0. The Balaban J connectivity index is 2.12. The molecule has 52 heavy (non-hydrogen) atoms. The fourth-order valence-electron chi connectivity index (χ4n) is 5.43. The summed E-state index contributed by atoms with van der Waals surface area (Å²) in [5.74, 6) is -59.3. The summed E-state index contributed by atoms with van der Waals surface area (Å²) in [5.41, 5.74) is -14.4. The Hall–Kier alpha value is -5.17. The van der Waals surface area contributed by atoms with Gasteiger partial charge < -0.3 is 0 Å². The standard InChI is InChI=1S/C30H4B2F20/c33-7-3-1-5(31(6-2-4-8(34)15(37)13(6)35)10-16(38)22(44)28(50)23(45)17(10)39)9(14(7)36)32(11-18(40)24(46)29(51)25(47)19(11)41)12-20(42)26(48)30(52)27(49)21(12)43/h1-4H. The molecular weight excluding hydrogens is 762 g/mol. The Bertz CT molecular complexity index is 2190. The summed E-state index contributed by atoms with van der Waals surface area (Å²) in [6, 6.07) is -0.563. The smallest absolute Gasteiger partial charge is 0.204 e. The molecule has 5 aromatic rings. The first-order valence-corrected chi connectivity index (χ1v) is 13.3. The number of benzene rings is 5. The molecule has 0 fully saturated rings. The zero-order chi connectivity index (χ0) is 39.0. The average Bonchev–Trinajstić information content (AvgIpc) is 3.11. The molecule has 5 aromatic carbocycles. The predicted molar refractivity (Wildman–Crippen MR) is 141 cm³/mol. The third-order valence-corrected chi connectivity index (χ3v) is 7.74. The Morgan fingerprint density at radius 2 is 0.481 bits per heavy atom. The number of rotatable bonds is 6. The largest absolute Gasteiger partial charge is 0.260 e. The van der Waals surface area contributed by atoms with Crippen LogP contribution in [-0.2, 0) is 0 Å². The summed E-state index contributed by atoms with van der Waals surface area (Å²) in [4.78, 5) is 0. The molecule has 0 aliphatic rings. The van der Waals surface area contributed by atoms with Crippen molar-refractivity contribution < 1.29 is 87.8 Å². The summed E-state index contributed by atoms with van der Waals surface area (Å²) >= 11 is 0. The molecule has 0 heterocycles. The molecule has 5 rings (SSSR count). The van der Waals surface area contributed by atoms with Crippen LogP contribution in [0, 0.1) is 116 Å². The van der Waals surface area contributed by atoms with Crippen LogP contribution in [0.15, 0.2) is 24.3 Å². The Morgan fingerprint density at radius 3 is 0.827 bits per heavy atom. The van der Waals surface area contributed by atoms with Crippen molar-refractivity contribution in [1.29, 1.82) is 0 Å². The minimum atomic E-state index is -4.13. The van der Waals surface area contributed by atoms with Crippen molar-refractivity contribution in [3.8, 4) is 0 Å². The van der Waals surface area contributed by atoms with E-state index in [4.69, 9.17) is 0 Å². The van der Waals surface area contributed by atoms with Gasteiger partial charge in [0.25, 0.3) is 13.4 Å². The monoisotopic (exact) mass is 766 g/mol. The van der Waals surface area contributed by atoms with Crippen molar-refractivity contribution >= 4 is 46.2 Å². The molecule has 0 amide bonds. The Morgan fingerprint density at radius 1 is 0.212 bits per heavy atom. The molecule has 270 valence electrons. The first-order chi connectivity index (χ1) is 24.2. The highest BCUT2D eigenvalue weighted by Crippen LogP contribution is 2.23. The molecule has 0 spiro atoms. The van der Waals surface area contributed by atoms with Gasteiger partial charge in [0.2, 0.25) is 0 Å². The summed E-state index contributed by atoms with van der Waals surface area (Å²) in [7, 11) is 0. The summed E-state index contributed by atoms with van der Waals surface area (Å²) in [5, 5.41) is 0. The molecule has 0 nitrogen and oxygen atoms in total. The molecular formula is C30H4B2F20. The molecule has 0 radical (unpaired) electrons. The van der Waals surface area contributed by atoms with Crippen LogP contribution in [-0.4, -0.2) is 13.4 Å². The zero-order valence-corrected chi connectivity index (χ0v) is 24.0. The van der Waals surface area contributed by atoms with Gasteiger partial charge in [0.15, 0.2) is 116 Å². The normalized spacial score (nSPS) is 11.5. The highest BCUT2D eigenvalue weighted by Gasteiger charge is 2.46. The van der Waals surface area contributed by atoms with Gasteiger partial charge in [0.1, 0.15) is 0 Å².